The van der Waals surface area contributed by atoms with E-state index >= 15 is 0 Å². The molecule has 5 heteroatoms. The zero-order valence-corrected chi connectivity index (χ0v) is 11.7. The van der Waals surface area contributed by atoms with E-state index in [0.29, 0.717) is 6.61 Å². The molecule has 0 saturated carbocycles. The summed E-state index contributed by atoms with van der Waals surface area (Å²) in [5.74, 6) is 0.556. The summed E-state index contributed by atoms with van der Waals surface area (Å²) < 4.78 is 5.84. The Bertz CT molecular complexity index is 371. The van der Waals surface area contributed by atoms with Gasteiger partial charge in [-0.1, -0.05) is 6.92 Å². The van der Waals surface area contributed by atoms with Gasteiger partial charge in [-0.25, -0.2) is 4.98 Å². The number of pyridine rings is 1. The first-order valence-corrected chi connectivity index (χ1v) is 6.49. The number of nitrogens with zero attached hydrogens (tertiary/aromatic N) is 2. The number of aromatic nitrogens is 1. The van der Waals surface area contributed by atoms with E-state index in [-0.39, 0.29) is 12.5 Å². The van der Waals surface area contributed by atoms with Gasteiger partial charge >= 0.3 is 5.97 Å². The van der Waals surface area contributed by atoms with Gasteiger partial charge < -0.3 is 9.64 Å². The van der Waals surface area contributed by atoms with Gasteiger partial charge in [0.05, 0.1) is 11.1 Å². The van der Waals surface area contributed by atoms with Crippen molar-refractivity contribution in [2.75, 3.05) is 24.6 Å². The third kappa shape index (κ3) is 4.34. The Hall–Kier alpha value is -1.10. The van der Waals surface area contributed by atoms with Crippen LogP contribution in [-0.2, 0) is 9.53 Å². The topological polar surface area (TPSA) is 42.4 Å². The normalized spacial score (nSPS) is 10.1. The summed E-state index contributed by atoms with van der Waals surface area (Å²) in [6.45, 7) is 5.28. The molecule has 0 unspecified atom stereocenters. The van der Waals surface area contributed by atoms with E-state index in [2.05, 4.69) is 27.8 Å². The Kier molecular flexibility index (Phi) is 5.97. The molecule has 0 aliphatic heterocycles. The number of rotatable bonds is 6. The van der Waals surface area contributed by atoms with Gasteiger partial charge in [0, 0.05) is 12.7 Å². The van der Waals surface area contributed by atoms with E-state index < -0.39 is 0 Å². The Labute approximate surface area is 110 Å². The molecule has 0 atom stereocenters. The quantitative estimate of drug-likeness (QED) is 0.758. The van der Waals surface area contributed by atoms with Crippen LogP contribution in [0.5, 0.6) is 0 Å². The average Bonchev–Trinajstić information content (AvgIpc) is 2.29. The standard InChI is InChI=1S/C12H17BrN2O2/c1-3-8-15(9-11(16)17-4-2)12-10(13)6-5-7-14-12/h5-7H,3-4,8-9H2,1-2H3. The number of ether oxygens (including phenoxy) is 1. The molecule has 1 aromatic rings. The fourth-order valence-electron chi connectivity index (χ4n) is 1.50. The van der Waals surface area contributed by atoms with Crippen LogP contribution in [0.3, 0.4) is 0 Å². The summed E-state index contributed by atoms with van der Waals surface area (Å²) in [7, 11) is 0. The molecule has 0 saturated heterocycles. The van der Waals surface area contributed by atoms with Gasteiger partial charge in [-0.05, 0) is 41.4 Å². The summed E-state index contributed by atoms with van der Waals surface area (Å²) in [5.41, 5.74) is 0. The Balaban J connectivity index is 2.78. The molecule has 1 rings (SSSR count). The van der Waals surface area contributed by atoms with E-state index in [1.165, 1.54) is 0 Å². The van der Waals surface area contributed by atoms with Gasteiger partial charge in [-0.15, -0.1) is 0 Å². The van der Waals surface area contributed by atoms with Gasteiger partial charge in [0.2, 0.25) is 0 Å². The summed E-state index contributed by atoms with van der Waals surface area (Å²) in [5, 5.41) is 0. The van der Waals surface area contributed by atoms with Crippen LogP contribution in [0.15, 0.2) is 22.8 Å². The summed E-state index contributed by atoms with van der Waals surface area (Å²) in [6.07, 6.45) is 2.66. The van der Waals surface area contributed by atoms with Crippen molar-refractivity contribution in [2.24, 2.45) is 0 Å². The number of esters is 1. The second kappa shape index (κ2) is 7.27. The van der Waals surface area contributed by atoms with E-state index in [4.69, 9.17) is 4.74 Å². The lowest BCUT2D eigenvalue weighted by molar-refractivity contribution is -0.141. The van der Waals surface area contributed by atoms with Crippen LogP contribution in [0.1, 0.15) is 20.3 Å². The molecule has 0 aliphatic rings. The highest BCUT2D eigenvalue weighted by Gasteiger charge is 2.14. The summed E-state index contributed by atoms with van der Waals surface area (Å²) >= 11 is 3.44. The zero-order valence-electron chi connectivity index (χ0n) is 10.1. The highest BCUT2D eigenvalue weighted by Crippen LogP contribution is 2.22. The zero-order chi connectivity index (χ0) is 12.7. The first-order chi connectivity index (χ1) is 8.19. The fraction of sp³-hybridized carbons (Fsp3) is 0.500. The number of hydrogen-bond donors (Lipinski definition) is 0. The second-order valence-electron chi connectivity index (χ2n) is 3.54. The minimum atomic E-state index is -0.224. The minimum absolute atomic E-state index is 0.224. The van der Waals surface area contributed by atoms with E-state index in [9.17, 15) is 4.79 Å². The van der Waals surface area contributed by atoms with Gasteiger partial charge in [-0.2, -0.15) is 0 Å². The van der Waals surface area contributed by atoms with Gasteiger partial charge in [0.15, 0.2) is 0 Å². The molecule has 4 nitrogen and oxygen atoms in total. The van der Waals surface area contributed by atoms with Crippen LogP contribution in [-0.4, -0.2) is 30.6 Å². The lowest BCUT2D eigenvalue weighted by Crippen LogP contribution is -2.32. The number of carbonyl (C=O) groups excluding carboxylic acids is 1. The third-order valence-electron chi connectivity index (χ3n) is 2.16. The maximum Gasteiger partial charge on any atom is 0.325 e. The number of hydrogen-bond acceptors (Lipinski definition) is 4. The van der Waals surface area contributed by atoms with Gasteiger partial charge in [0.25, 0.3) is 0 Å². The lowest BCUT2D eigenvalue weighted by Gasteiger charge is -2.22. The summed E-state index contributed by atoms with van der Waals surface area (Å²) in [4.78, 5) is 17.7. The van der Waals surface area contributed by atoms with Gasteiger partial charge in [-0.3, -0.25) is 4.79 Å². The van der Waals surface area contributed by atoms with Crippen LogP contribution < -0.4 is 4.90 Å². The average molecular weight is 301 g/mol. The lowest BCUT2D eigenvalue weighted by atomic mass is 10.3. The molecule has 1 aromatic heterocycles. The monoisotopic (exact) mass is 300 g/mol. The largest absolute Gasteiger partial charge is 0.465 e. The molecule has 0 spiro atoms. The Morgan fingerprint density at radius 3 is 2.88 bits per heavy atom. The SMILES string of the molecule is CCCN(CC(=O)OCC)c1ncccc1Br. The number of anilines is 1. The number of carbonyl (C=O) groups is 1. The highest BCUT2D eigenvalue weighted by molar-refractivity contribution is 9.10. The molecular formula is C12H17BrN2O2. The first kappa shape index (κ1) is 14.0. The summed E-state index contributed by atoms with van der Waals surface area (Å²) in [6, 6.07) is 3.76. The van der Waals surface area contributed by atoms with Crippen molar-refractivity contribution in [3.8, 4) is 0 Å². The minimum Gasteiger partial charge on any atom is -0.465 e. The van der Waals surface area contributed by atoms with E-state index in [0.717, 1.165) is 23.3 Å². The molecule has 94 valence electrons. The molecule has 0 amide bonds. The molecular weight excluding hydrogens is 284 g/mol. The molecule has 0 bridgehead atoms. The molecule has 0 fully saturated rings. The third-order valence-corrected chi connectivity index (χ3v) is 2.78. The van der Waals surface area contributed by atoms with Crippen LogP contribution in [0.2, 0.25) is 0 Å². The molecule has 0 aromatic carbocycles. The first-order valence-electron chi connectivity index (χ1n) is 5.70. The Morgan fingerprint density at radius 1 is 1.53 bits per heavy atom. The predicted molar refractivity (Wildman–Crippen MR) is 71.1 cm³/mol. The fourth-order valence-corrected chi connectivity index (χ4v) is 2.01. The second-order valence-corrected chi connectivity index (χ2v) is 4.39. The molecule has 17 heavy (non-hydrogen) atoms. The van der Waals surface area contributed by atoms with Crippen LogP contribution in [0.25, 0.3) is 0 Å². The highest BCUT2D eigenvalue weighted by atomic mass is 79.9. The van der Waals surface area contributed by atoms with Gasteiger partial charge in [0.1, 0.15) is 12.4 Å². The maximum atomic E-state index is 11.5. The van der Waals surface area contributed by atoms with Crippen LogP contribution in [0.4, 0.5) is 5.82 Å². The molecule has 1 heterocycles. The van der Waals surface area contributed by atoms with E-state index in [1.807, 2.05) is 17.0 Å². The molecule has 0 N–H and O–H groups in total. The predicted octanol–water partition coefficient (Wildman–Crippen LogP) is 2.62. The van der Waals surface area contributed by atoms with E-state index in [1.54, 1.807) is 13.1 Å². The van der Waals surface area contributed by atoms with Crippen molar-refractivity contribution in [1.29, 1.82) is 0 Å². The smallest absolute Gasteiger partial charge is 0.325 e. The van der Waals surface area contributed by atoms with Crippen LogP contribution >= 0.6 is 15.9 Å². The van der Waals surface area contributed by atoms with Crippen LogP contribution in [0, 0.1) is 0 Å². The molecule has 0 radical (unpaired) electrons. The van der Waals surface area contributed by atoms with Crippen molar-refractivity contribution < 1.29 is 9.53 Å². The van der Waals surface area contributed by atoms with Crippen molar-refractivity contribution >= 4 is 27.7 Å². The van der Waals surface area contributed by atoms with Crippen molar-refractivity contribution in [1.82, 2.24) is 4.98 Å². The van der Waals surface area contributed by atoms with Crippen molar-refractivity contribution in [3.05, 3.63) is 22.8 Å². The molecule has 0 aliphatic carbocycles. The van der Waals surface area contributed by atoms with Crippen molar-refractivity contribution in [2.45, 2.75) is 20.3 Å². The van der Waals surface area contributed by atoms with Crippen molar-refractivity contribution in [3.63, 3.8) is 0 Å². The number of halogens is 1. The Morgan fingerprint density at radius 2 is 2.29 bits per heavy atom. The maximum absolute atomic E-state index is 11.5.